The van der Waals surface area contributed by atoms with Crippen molar-refractivity contribution in [3.8, 4) is 0 Å². The summed E-state index contributed by atoms with van der Waals surface area (Å²) in [6.07, 6.45) is 1.91. The number of rotatable bonds is 3. The molecule has 0 aliphatic rings. The highest BCUT2D eigenvalue weighted by atomic mass is 35.5. The Morgan fingerprint density at radius 1 is 1.08 bits per heavy atom. The predicted molar refractivity (Wildman–Crippen MR) is 102 cm³/mol. The van der Waals surface area contributed by atoms with Crippen LogP contribution in [0.3, 0.4) is 0 Å². The third-order valence-corrected chi connectivity index (χ3v) is 4.78. The Bertz CT molecular complexity index is 1020. The molecule has 2 aromatic carbocycles. The molecule has 0 aliphatic heterocycles. The van der Waals surface area contributed by atoms with Crippen LogP contribution in [-0.4, -0.2) is 9.78 Å². The number of aromatic nitrogens is 2. The first-order chi connectivity index (χ1) is 11.5. The van der Waals surface area contributed by atoms with Crippen LogP contribution in [0.25, 0.3) is 11.5 Å². The molecule has 0 saturated heterocycles. The molecule has 1 aromatic heterocycles. The van der Waals surface area contributed by atoms with E-state index in [0.717, 1.165) is 15.8 Å². The highest BCUT2D eigenvalue weighted by molar-refractivity contribution is 8.06. The van der Waals surface area contributed by atoms with Crippen LogP contribution in [0.1, 0.15) is 11.1 Å². The Morgan fingerprint density at radius 3 is 2.42 bits per heavy atom. The third kappa shape index (κ3) is 3.83. The monoisotopic (exact) mass is 356 g/mol. The first-order valence-electron chi connectivity index (χ1n) is 7.49. The maximum atomic E-state index is 12.4. The Hall–Kier alpha value is -2.17. The Labute approximate surface area is 149 Å². The first-order valence-corrected chi connectivity index (χ1v) is 8.74. The molecular weight excluding hydrogens is 340 g/mol. The fraction of sp³-hybridized carbons (Fsp3) is 0.105. The lowest BCUT2D eigenvalue weighted by atomic mass is 10.1. The zero-order valence-electron chi connectivity index (χ0n) is 13.4. The summed E-state index contributed by atoms with van der Waals surface area (Å²) in [7, 11) is 1.72. The molecule has 3 aromatic rings. The van der Waals surface area contributed by atoms with Gasteiger partial charge < -0.3 is 0 Å². The molecule has 0 saturated carbocycles. The number of nitrogens with zero attached hydrogens (tertiary/aromatic N) is 1. The van der Waals surface area contributed by atoms with Gasteiger partial charge in [0.05, 0.1) is 10.6 Å². The van der Waals surface area contributed by atoms with E-state index in [2.05, 4.69) is 5.10 Å². The van der Waals surface area contributed by atoms with Crippen LogP contribution in [0, 0.1) is 6.92 Å². The minimum absolute atomic E-state index is 0.0430. The van der Waals surface area contributed by atoms with Crippen molar-refractivity contribution in [2.24, 2.45) is 7.05 Å². The molecule has 1 heterocycles. The molecule has 0 amide bonds. The van der Waals surface area contributed by atoms with Crippen molar-refractivity contribution in [2.75, 3.05) is 0 Å². The number of nitrogens with one attached hydrogen (secondary N) is 1. The number of halogens is 1. The van der Waals surface area contributed by atoms with E-state index in [1.165, 1.54) is 10.2 Å². The van der Waals surface area contributed by atoms with Gasteiger partial charge in [0.1, 0.15) is 0 Å². The molecule has 3 nitrogen and oxygen atoms in total. The van der Waals surface area contributed by atoms with E-state index in [0.29, 0.717) is 10.2 Å². The van der Waals surface area contributed by atoms with Crippen LogP contribution in [0.5, 0.6) is 0 Å². The van der Waals surface area contributed by atoms with Gasteiger partial charge >= 0.3 is 0 Å². The topological polar surface area (TPSA) is 37.8 Å². The number of hydrogen-bond donors (Lipinski definition) is 1. The van der Waals surface area contributed by atoms with Gasteiger partial charge in [0, 0.05) is 22.4 Å². The molecule has 1 N–H and O–H groups in total. The van der Waals surface area contributed by atoms with E-state index in [4.69, 9.17) is 11.6 Å². The number of aromatic amines is 1. The highest BCUT2D eigenvalue weighted by Gasteiger charge is 2.00. The van der Waals surface area contributed by atoms with Crippen LogP contribution in [-0.2, 0) is 7.05 Å². The van der Waals surface area contributed by atoms with Gasteiger partial charge in [-0.1, -0.05) is 53.2 Å². The SMILES string of the molecule is Cc1ccc(/C=c2/c(=O)n(C)[nH]/c2=C\Sc2ccc(Cl)cc2)cc1. The van der Waals surface area contributed by atoms with E-state index in [1.807, 2.05) is 66.9 Å². The average molecular weight is 357 g/mol. The second-order valence-corrected chi connectivity index (χ2v) is 6.93. The first kappa shape index (κ1) is 16.7. The Kier molecular flexibility index (Phi) is 4.97. The van der Waals surface area contributed by atoms with Crippen LogP contribution in [0.15, 0.2) is 58.2 Å². The number of aryl methyl sites for hydroxylation is 2. The van der Waals surface area contributed by atoms with Gasteiger partial charge in [0.2, 0.25) is 0 Å². The summed E-state index contributed by atoms with van der Waals surface area (Å²) >= 11 is 7.45. The highest BCUT2D eigenvalue weighted by Crippen LogP contribution is 2.20. The van der Waals surface area contributed by atoms with E-state index in [-0.39, 0.29) is 5.56 Å². The third-order valence-electron chi connectivity index (χ3n) is 3.63. The van der Waals surface area contributed by atoms with Gasteiger partial charge in [-0.25, -0.2) is 0 Å². The van der Waals surface area contributed by atoms with Crippen LogP contribution in [0.2, 0.25) is 5.02 Å². The lowest BCUT2D eigenvalue weighted by Gasteiger charge is -1.95. The van der Waals surface area contributed by atoms with Crippen LogP contribution < -0.4 is 16.1 Å². The quantitative estimate of drug-likeness (QED) is 0.732. The minimum atomic E-state index is -0.0430. The minimum Gasteiger partial charge on any atom is -0.295 e. The van der Waals surface area contributed by atoms with Crippen molar-refractivity contribution in [3.05, 3.63) is 85.6 Å². The van der Waals surface area contributed by atoms with Gasteiger partial charge in [-0.05, 0) is 42.8 Å². The van der Waals surface area contributed by atoms with Crippen molar-refractivity contribution >= 4 is 34.8 Å². The Morgan fingerprint density at radius 2 is 1.75 bits per heavy atom. The fourth-order valence-corrected chi connectivity index (χ4v) is 3.14. The van der Waals surface area contributed by atoms with Gasteiger partial charge in [-0.15, -0.1) is 0 Å². The van der Waals surface area contributed by atoms with E-state index in [1.54, 1.807) is 18.8 Å². The number of thioether (sulfide) groups is 1. The zero-order valence-corrected chi connectivity index (χ0v) is 15.0. The summed E-state index contributed by atoms with van der Waals surface area (Å²) in [6, 6.07) is 15.7. The van der Waals surface area contributed by atoms with Gasteiger partial charge in [0.25, 0.3) is 5.56 Å². The van der Waals surface area contributed by atoms with Crippen molar-refractivity contribution in [2.45, 2.75) is 11.8 Å². The number of hydrogen-bond acceptors (Lipinski definition) is 2. The summed E-state index contributed by atoms with van der Waals surface area (Å²) in [4.78, 5) is 13.4. The second kappa shape index (κ2) is 7.16. The van der Waals surface area contributed by atoms with Gasteiger partial charge in [0.15, 0.2) is 0 Å². The molecule has 0 bridgehead atoms. The molecule has 24 heavy (non-hydrogen) atoms. The summed E-state index contributed by atoms with van der Waals surface area (Å²) in [5.41, 5.74) is 2.15. The van der Waals surface area contributed by atoms with E-state index >= 15 is 0 Å². The van der Waals surface area contributed by atoms with Crippen molar-refractivity contribution in [1.29, 1.82) is 0 Å². The van der Waals surface area contributed by atoms with Gasteiger partial charge in [-0.3, -0.25) is 14.6 Å². The van der Waals surface area contributed by atoms with Crippen molar-refractivity contribution in [3.63, 3.8) is 0 Å². The molecule has 0 spiro atoms. The summed E-state index contributed by atoms with van der Waals surface area (Å²) in [6.45, 7) is 2.04. The van der Waals surface area contributed by atoms with E-state index in [9.17, 15) is 4.79 Å². The van der Waals surface area contributed by atoms with E-state index < -0.39 is 0 Å². The van der Waals surface area contributed by atoms with Crippen LogP contribution >= 0.6 is 23.4 Å². The molecule has 0 aliphatic carbocycles. The molecule has 0 atom stereocenters. The molecule has 0 radical (unpaired) electrons. The maximum Gasteiger partial charge on any atom is 0.274 e. The lowest BCUT2D eigenvalue weighted by Crippen LogP contribution is -2.34. The van der Waals surface area contributed by atoms with Gasteiger partial charge in [-0.2, -0.15) is 0 Å². The summed E-state index contributed by atoms with van der Waals surface area (Å²) in [5.74, 6) is 0. The molecule has 5 heteroatoms. The Balaban J connectivity index is 2.04. The summed E-state index contributed by atoms with van der Waals surface area (Å²) < 4.78 is 1.49. The van der Waals surface area contributed by atoms with Crippen molar-refractivity contribution in [1.82, 2.24) is 9.78 Å². The maximum absolute atomic E-state index is 12.4. The molecule has 0 unspecified atom stereocenters. The molecule has 0 fully saturated rings. The number of H-pyrrole nitrogens is 1. The zero-order chi connectivity index (χ0) is 17.1. The fourth-order valence-electron chi connectivity index (χ4n) is 2.29. The largest absolute Gasteiger partial charge is 0.295 e. The number of benzene rings is 2. The van der Waals surface area contributed by atoms with Crippen molar-refractivity contribution < 1.29 is 0 Å². The molecule has 3 rings (SSSR count). The normalized spacial score (nSPS) is 12.8. The molecular formula is C19H17ClN2OS. The smallest absolute Gasteiger partial charge is 0.274 e. The van der Waals surface area contributed by atoms with Crippen LogP contribution in [0.4, 0.5) is 0 Å². The lowest BCUT2D eigenvalue weighted by molar-refractivity contribution is 0.732. The summed E-state index contributed by atoms with van der Waals surface area (Å²) in [5, 5.41) is 7.20. The second-order valence-electron chi connectivity index (χ2n) is 5.55. The predicted octanol–water partition coefficient (Wildman–Crippen LogP) is 3.03. The average Bonchev–Trinajstić information content (AvgIpc) is 2.84. The molecule has 122 valence electrons. The standard InChI is InChI=1S/C19H17ClN2OS/c1-13-3-5-14(6-4-13)11-17-18(21-22(2)19(17)23)12-24-16-9-7-15(20)8-10-16/h3-12,21H,1-2H3/b17-11+,18-12-.